The van der Waals surface area contributed by atoms with Crippen molar-refractivity contribution in [1.82, 2.24) is 9.97 Å². The van der Waals surface area contributed by atoms with Crippen molar-refractivity contribution in [3.05, 3.63) is 47.8 Å². The van der Waals surface area contributed by atoms with E-state index in [1.807, 2.05) is 0 Å². The second-order valence-corrected chi connectivity index (χ2v) is 14.3. The third-order valence-corrected chi connectivity index (χ3v) is 11.0. The normalized spacial score (nSPS) is 24.1. The Labute approximate surface area is 264 Å². The Morgan fingerprint density at radius 3 is 1.77 bits per heavy atom. The monoisotopic (exact) mass is 583 g/mol. The molecule has 2 aliphatic carbocycles. The Morgan fingerprint density at radius 2 is 1.19 bits per heavy atom. The minimum atomic E-state index is -0.0808. The third kappa shape index (κ3) is 10.7. The molecule has 0 spiro atoms. The van der Waals surface area contributed by atoms with Crippen LogP contribution in [0.25, 0.3) is 11.4 Å². The maximum atomic E-state index is 10.0. The topological polar surface area (TPSA) is 49.6 Å². The lowest BCUT2D eigenvalue weighted by Gasteiger charge is -2.35. The van der Waals surface area contributed by atoms with Crippen LogP contribution in [0.1, 0.15) is 184 Å². The van der Waals surface area contributed by atoms with Crippen molar-refractivity contribution in [1.29, 1.82) is 5.26 Å². The van der Waals surface area contributed by atoms with E-state index < -0.39 is 0 Å². The van der Waals surface area contributed by atoms with E-state index in [-0.39, 0.29) is 5.41 Å². The number of rotatable bonds is 18. The Bertz CT molecular complexity index is 1050. The summed E-state index contributed by atoms with van der Waals surface area (Å²) in [6, 6.07) is 11.8. The van der Waals surface area contributed by atoms with E-state index in [1.165, 1.54) is 127 Å². The first kappa shape index (κ1) is 33.7. The molecule has 4 rings (SSSR count). The van der Waals surface area contributed by atoms with Gasteiger partial charge in [-0.15, -0.1) is 0 Å². The van der Waals surface area contributed by atoms with Crippen LogP contribution in [-0.2, 0) is 0 Å². The molecule has 1 aromatic carbocycles. The molecular weight excluding hydrogens is 522 g/mol. The quantitative estimate of drug-likeness (QED) is 0.164. The van der Waals surface area contributed by atoms with Crippen molar-refractivity contribution in [2.45, 2.75) is 173 Å². The zero-order valence-electron chi connectivity index (χ0n) is 27.8. The fraction of sp³-hybridized carbons (Fsp3) is 0.725. The number of nitriles is 1. The Hall–Kier alpha value is -2.21. The molecule has 3 heteroatoms. The standard InChI is InChI=1S/C40H61N3/c1-3-5-7-9-11-13-15-27-40(32-41)28-25-36(26-29-40)34-21-23-37(24-22-34)39-42-30-38(31-43-39)35-19-17-33(18-20-35)16-14-12-10-8-6-4-2/h21-24,30-31,33,35-36H,3-20,25-29H2,1-2H3. The van der Waals surface area contributed by atoms with Crippen LogP contribution in [0.3, 0.4) is 0 Å². The molecule has 236 valence electrons. The van der Waals surface area contributed by atoms with Gasteiger partial charge in [0, 0.05) is 18.0 Å². The van der Waals surface area contributed by atoms with E-state index >= 15 is 0 Å². The van der Waals surface area contributed by atoms with E-state index in [4.69, 9.17) is 9.97 Å². The lowest BCUT2D eigenvalue weighted by Crippen LogP contribution is -2.25. The molecule has 0 N–H and O–H groups in total. The van der Waals surface area contributed by atoms with E-state index in [0.717, 1.165) is 49.4 Å². The van der Waals surface area contributed by atoms with Crippen LogP contribution in [0.5, 0.6) is 0 Å². The lowest BCUT2D eigenvalue weighted by molar-refractivity contribution is 0.223. The summed E-state index contributed by atoms with van der Waals surface area (Å²) in [5.41, 5.74) is 3.78. The van der Waals surface area contributed by atoms with E-state index in [9.17, 15) is 5.26 Å². The van der Waals surface area contributed by atoms with Crippen molar-refractivity contribution in [2.75, 3.05) is 0 Å². The molecule has 0 amide bonds. The molecule has 0 aliphatic heterocycles. The molecule has 1 aromatic heterocycles. The molecule has 2 aromatic rings. The predicted molar refractivity (Wildman–Crippen MR) is 182 cm³/mol. The van der Waals surface area contributed by atoms with Gasteiger partial charge in [-0.3, -0.25) is 0 Å². The predicted octanol–water partition coefficient (Wildman–Crippen LogP) is 12.5. The number of benzene rings is 1. The number of aromatic nitrogens is 2. The molecule has 0 bridgehead atoms. The fourth-order valence-corrected chi connectivity index (χ4v) is 7.94. The lowest BCUT2D eigenvalue weighted by atomic mass is 9.67. The van der Waals surface area contributed by atoms with Crippen LogP contribution in [0.4, 0.5) is 0 Å². The molecule has 0 unspecified atom stereocenters. The highest BCUT2D eigenvalue weighted by molar-refractivity contribution is 5.55. The molecule has 0 saturated heterocycles. The van der Waals surface area contributed by atoms with Gasteiger partial charge in [0.25, 0.3) is 0 Å². The summed E-state index contributed by atoms with van der Waals surface area (Å²) in [5.74, 6) is 2.99. The van der Waals surface area contributed by atoms with Gasteiger partial charge < -0.3 is 0 Å². The van der Waals surface area contributed by atoms with Crippen molar-refractivity contribution < 1.29 is 0 Å². The van der Waals surface area contributed by atoms with Crippen molar-refractivity contribution in [3.8, 4) is 17.5 Å². The van der Waals surface area contributed by atoms with Gasteiger partial charge in [0.2, 0.25) is 0 Å². The number of hydrogen-bond donors (Lipinski definition) is 0. The van der Waals surface area contributed by atoms with Crippen LogP contribution in [0.15, 0.2) is 36.7 Å². The maximum Gasteiger partial charge on any atom is 0.159 e. The van der Waals surface area contributed by atoms with Crippen LogP contribution in [0, 0.1) is 22.7 Å². The first-order valence-corrected chi connectivity index (χ1v) is 18.5. The molecule has 0 radical (unpaired) electrons. The number of unbranched alkanes of at least 4 members (excludes halogenated alkanes) is 11. The van der Waals surface area contributed by atoms with E-state index in [2.05, 4.69) is 56.6 Å². The molecule has 3 nitrogen and oxygen atoms in total. The minimum Gasteiger partial charge on any atom is -0.236 e. The first-order valence-electron chi connectivity index (χ1n) is 18.5. The second-order valence-electron chi connectivity index (χ2n) is 14.3. The van der Waals surface area contributed by atoms with Gasteiger partial charge in [-0.25, -0.2) is 9.97 Å². The molecular formula is C40H61N3. The Balaban J connectivity index is 1.18. The van der Waals surface area contributed by atoms with Crippen LogP contribution in [0.2, 0.25) is 0 Å². The fourth-order valence-electron chi connectivity index (χ4n) is 7.94. The summed E-state index contributed by atoms with van der Waals surface area (Å²) in [5, 5.41) is 10.0. The molecule has 43 heavy (non-hydrogen) atoms. The van der Waals surface area contributed by atoms with Crippen LogP contribution < -0.4 is 0 Å². The summed E-state index contributed by atoms with van der Waals surface area (Å²) in [6.45, 7) is 4.57. The number of nitrogens with zero attached hydrogens (tertiary/aromatic N) is 3. The number of hydrogen-bond acceptors (Lipinski definition) is 3. The van der Waals surface area contributed by atoms with Crippen molar-refractivity contribution in [3.63, 3.8) is 0 Å². The van der Waals surface area contributed by atoms with Crippen LogP contribution in [-0.4, -0.2) is 9.97 Å². The third-order valence-electron chi connectivity index (χ3n) is 11.0. The summed E-state index contributed by atoms with van der Waals surface area (Å²) < 4.78 is 0. The van der Waals surface area contributed by atoms with E-state index in [1.54, 1.807) is 0 Å². The SMILES string of the molecule is CCCCCCCCCC1(C#N)CCC(c2ccc(-c3ncc(C4CCC(CCCCCCCC)CC4)cn3)cc2)CC1. The molecule has 2 saturated carbocycles. The average molecular weight is 584 g/mol. The van der Waals surface area contributed by atoms with Gasteiger partial charge in [-0.1, -0.05) is 128 Å². The van der Waals surface area contributed by atoms with Gasteiger partial charge in [0.1, 0.15) is 0 Å². The minimum absolute atomic E-state index is 0.0808. The van der Waals surface area contributed by atoms with Gasteiger partial charge in [0.15, 0.2) is 5.82 Å². The molecule has 2 fully saturated rings. The van der Waals surface area contributed by atoms with Crippen LogP contribution >= 0.6 is 0 Å². The highest BCUT2D eigenvalue weighted by Gasteiger charge is 2.35. The van der Waals surface area contributed by atoms with E-state index in [0.29, 0.717) is 11.8 Å². The highest BCUT2D eigenvalue weighted by Crippen LogP contribution is 2.46. The maximum absolute atomic E-state index is 10.0. The largest absolute Gasteiger partial charge is 0.236 e. The molecule has 2 aliphatic rings. The summed E-state index contributed by atoms with van der Waals surface area (Å²) in [7, 11) is 0. The smallest absolute Gasteiger partial charge is 0.159 e. The first-order chi connectivity index (χ1) is 21.2. The van der Waals surface area contributed by atoms with Gasteiger partial charge >= 0.3 is 0 Å². The second kappa shape index (κ2) is 18.6. The van der Waals surface area contributed by atoms with Crippen molar-refractivity contribution in [2.24, 2.45) is 11.3 Å². The zero-order chi connectivity index (χ0) is 30.2. The Kier molecular flexibility index (Phi) is 14.5. The summed E-state index contributed by atoms with van der Waals surface area (Å²) in [6.07, 6.45) is 34.2. The Morgan fingerprint density at radius 1 is 0.651 bits per heavy atom. The van der Waals surface area contributed by atoms with Gasteiger partial charge in [-0.2, -0.15) is 5.26 Å². The van der Waals surface area contributed by atoms with Crippen molar-refractivity contribution >= 4 is 0 Å². The highest BCUT2D eigenvalue weighted by atomic mass is 14.9. The molecule has 1 heterocycles. The summed E-state index contributed by atoms with van der Waals surface area (Å²) >= 11 is 0. The average Bonchev–Trinajstić information content (AvgIpc) is 3.07. The summed E-state index contributed by atoms with van der Waals surface area (Å²) in [4.78, 5) is 9.62. The molecule has 0 atom stereocenters. The van der Waals surface area contributed by atoms with Gasteiger partial charge in [-0.05, 0) is 86.7 Å². The zero-order valence-corrected chi connectivity index (χ0v) is 27.8. The van der Waals surface area contributed by atoms with Gasteiger partial charge in [0.05, 0.1) is 11.5 Å².